The average Bonchev–Trinajstić information content (AvgIpc) is 3.13. The number of anilines is 1. The highest BCUT2D eigenvalue weighted by Gasteiger charge is 2.46. The average molecular weight is 370 g/mol. The number of methoxy groups -OCH3 is 1. The molecular weight excluding hydrogens is 346 g/mol. The van der Waals surface area contributed by atoms with Gasteiger partial charge < -0.3 is 24.0 Å². The molecule has 2 fully saturated rings. The summed E-state index contributed by atoms with van der Waals surface area (Å²) in [7, 11) is 1.55. The summed E-state index contributed by atoms with van der Waals surface area (Å²) in [6.07, 6.45) is 2.43. The van der Waals surface area contributed by atoms with Crippen molar-refractivity contribution in [3.05, 3.63) is 17.4 Å². The van der Waals surface area contributed by atoms with E-state index in [4.69, 9.17) is 25.8 Å². The number of ether oxygens (including phenoxy) is 3. The summed E-state index contributed by atoms with van der Waals surface area (Å²) < 4.78 is 15.9. The van der Waals surface area contributed by atoms with E-state index in [1.807, 2.05) is 31.7 Å². The van der Waals surface area contributed by atoms with Crippen molar-refractivity contribution in [1.29, 1.82) is 0 Å². The summed E-state index contributed by atoms with van der Waals surface area (Å²) in [6, 6.07) is 2.27. The number of hydrogen-bond acceptors (Lipinski definition) is 6. The second-order valence-electron chi connectivity index (χ2n) is 7.36. The van der Waals surface area contributed by atoms with Crippen molar-refractivity contribution in [2.45, 2.75) is 44.9 Å². The van der Waals surface area contributed by atoms with Crippen molar-refractivity contribution in [2.24, 2.45) is 0 Å². The van der Waals surface area contributed by atoms with E-state index >= 15 is 0 Å². The Labute approximate surface area is 152 Å². The number of rotatable bonds is 4. The number of carbonyl (C=O) groups excluding carboxylic acids is 1. The smallest absolute Gasteiger partial charge is 0.410 e. The molecule has 0 saturated carbocycles. The second kappa shape index (κ2) is 6.88. The van der Waals surface area contributed by atoms with Crippen LogP contribution in [0.25, 0.3) is 0 Å². The minimum Gasteiger partial charge on any atom is -0.464 e. The van der Waals surface area contributed by atoms with E-state index in [-0.39, 0.29) is 25.0 Å². The summed E-state index contributed by atoms with van der Waals surface area (Å²) in [6.45, 7) is 7.15. The highest BCUT2D eigenvalue weighted by molar-refractivity contribution is 6.30. The first-order valence-electron chi connectivity index (χ1n) is 8.32. The quantitative estimate of drug-likeness (QED) is 0.600. The maximum absolute atomic E-state index is 12.3. The van der Waals surface area contributed by atoms with Crippen LogP contribution < -0.4 is 9.64 Å². The molecule has 2 bridgehead atoms. The molecule has 0 radical (unpaired) electrons. The lowest BCUT2D eigenvalue weighted by molar-refractivity contribution is 0.0214. The molecule has 3 heterocycles. The van der Waals surface area contributed by atoms with E-state index in [1.54, 1.807) is 13.3 Å². The maximum atomic E-state index is 12.3. The number of carbonyl (C=O) groups is 1. The molecule has 2 atom stereocenters. The van der Waals surface area contributed by atoms with Gasteiger partial charge in [-0.2, -0.15) is 0 Å². The van der Waals surface area contributed by atoms with Gasteiger partial charge in [0, 0.05) is 32.3 Å². The van der Waals surface area contributed by atoms with Crippen LogP contribution in [0.3, 0.4) is 0 Å². The number of pyridine rings is 1. The Morgan fingerprint density at radius 3 is 2.72 bits per heavy atom. The predicted molar refractivity (Wildman–Crippen MR) is 94.2 cm³/mol. The number of fused-ring (bicyclic) bond motifs is 2. The molecule has 138 valence electrons. The van der Waals surface area contributed by atoms with Gasteiger partial charge >= 0.3 is 6.09 Å². The Balaban J connectivity index is 1.68. The van der Waals surface area contributed by atoms with E-state index in [1.165, 1.54) is 0 Å². The number of hydrogen-bond donors (Lipinski definition) is 0. The van der Waals surface area contributed by atoms with E-state index in [9.17, 15) is 4.79 Å². The van der Waals surface area contributed by atoms with Gasteiger partial charge in [0.2, 0.25) is 0 Å². The predicted octanol–water partition coefficient (Wildman–Crippen LogP) is 2.92. The lowest BCUT2D eigenvalue weighted by Crippen LogP contribution is -2.50. The van der Waals surface area contributed by atoms with E-state index in [0.717, 1.165) is 18.7 Å². The fourth-order valence-electron chi connectivity index (χ4n) is 3.33. The van der Waals surface area contributed by atoms with Crippen molar-refractivity contribution in [2.75, 3.05) is 31.9 Å². The Kier molecular flexibility index (Phi) is 4.97. The van der Waals surface area contributed by atoms with Crippen LogP contribution in [0.15, 0.2) is 12.3 Å². The lowest BCUT2D eigenvalue weighted by atomic mass is 10.2. The molecule has 2 aliphatic heterocycles. The number of amides is 1. The minimum absolute atomic E-state index is 0.114. The third-order valence-electron chi connectivity index (χ3n) is 4.32. The van der Waals surface area contributed by atoms with Crippen molar-refractivity contribution in [3.63, 3.8) is 0 Å². The summed E-state index contributed by atoms with van der Waals surface area (Å²) in [5.41, 5.74) is 0.457. The second-order valence-corrected chi connectivity index (χ2v) is 7.72. The third-order valence-corrected chi connectivity index (χ3v) is 4.61. The minimum atomic E-state index is -0.480. The van der Waals surface area contributed by atoms with Crippen LogP contribution in [0.5, 0.6) is 5.75 Å². The number of piperazine rings is 1. The Morgan fingerprint density at radius 2 is 2.12 bits per heavy atom. The largest absolute Gasteiger partial charge is 0.464 e. The topological polar surface area (TPSA) is 64.1 Å². The first kappa shape index (κ1) is 18.1. The molecular formula is C17H24ClN3O4. The third kappa shape index (κ3) is 3.93. The summed E-state index contributed by atoms with van der Waals surface area (Å²) in [5, 5.41) is 0.306. The van der Waals surface area contributed by atoms with E-state index in [0.29, 0.717) is 17.4 Å². The molecule has 1 amide bonds. The lowest BCUT2D eigenvalue weighted by Gasteiger charge is -2.36. The number of halogens is 1. The van der Waals surface area contributed by atoms with Gasteiger partial charge in [0.1, 0.15) is 5.60 Å². The van der Waals surface area contributed by atoms with Crippen molar-refractivity contribution in [1.82, 2.24) is 9.88 Å². The van der Waals surface area contributed by atoms with Gasteiger partial charge in [-0.25, -0.2) is 9.78 Å². The van der Waals surface area contributed by atoms with Crippen LogP contribution in [-0.4, -0.2) is 60.7 Å². The van der Waals surface area contributed by atoms with Crippen LogP contribution in [-0.2, 0) is 9.47 Å². The van der Waals surface area contributed by atoms with Crippen LogP contribution in [0, 0.1) is 0 Å². The van der Waals surface area contributed by atoms with Crippen molar-refractivity contribution >= 4 is 23.4 Å². The maximum Gasteiger partial charge on any atom is 0.410 e. The van der Waals surface area contributed by atoms with Gasteiger partial charge in [-0.1, -0.05) is 11.6 Å². The fourth-order valence-corrected chi connectivity index (χ4v) is 3.48. The van der Waals surface area contributed by atoms with Crippen LogP contribution in [0.1, 0.15) is 27.2 Å². The van der Waals surface area contributed by atoms with Gasteiger partial charge in [-0.15, -0.1) is 0 Å². The van der Waals surface area contributed by atoms with Crippen LogP contribution in [0.2, 0.25) is 5.15 Å². The number of aromatic nitrogens is 1. The number of likely N-dealkylation sites (tertiary alicyclic amines) is 1. The first-order chi connectivity index (χ1) is 11.8. The summed E-state index contributed by atoms with van der Waals surface area (Å²) >= 11 is 6.06. The van der Waals surface area contributed by atoms with Gasteiger partial charge in [0.15, 0.2) is 17.7 Å². The molecule has 1 aromatic rings. The standard InChI is InChI=1S/C17H24ClN3O4/c1-17(2,3)25-16(22)21-9-12-5-13(21)8-20(12)11-6-14(24-10-23-4)15(18)19-7-11/h6-7,12-13H,5,8-10H2,1-4H3/t12-,13-/m0/s1. The van der Waals surface area contributed by atoms with E-state index < -0.39 is 5.60 Å². The SMILES string of the molecule is COCOc1cc(N2C[C@@H]3C[C@H]2CN3C(=O)OC(C)(C)C)cnc1Cl. The number of nitrogens with zero attached hydrogens (tertiary/aromatic N) is 3. The fraction of sp³-hybridized carbons (Fsp3) is 0.647. The van der Waals surface area contributed by atoms with Gasteiger partial charge in [-0.05, 0) is 27.2 Å². The molecule has 0 spiro atoms. The summed E-state index contributed by atoms with van der Waals surface area (Å²) in [4.78, 5) is 20.6. The van der Waals surface area contributed by atoms with E-state index in [2.05, 4.69) is 9.88 Å². The first-order valence-corrected chi connectivity index (χ1v) is 8.70. The van der Waals surface area contributed by atoms with Gasteiger partial charge in [0.25, 0.3) is 0 Å². The Bertz CT molecular complexity index is 649. The molecule has 0 aliphatic carbocycles. The van der Waals surface area contributed by atoms with Crippen molar-refractivity contribution < 1.29 is 19.0 Å². The van der Waals surface area contributed by atoms with Crippen LogP contribution in [0.4, 0.5) is 10.5 Å². The molecule has 0 unspecified atom stereocenters. The molecule has 2 saturated heterocycles. The summed E-state index contributed by atoms with van der Waals surface area (Å²) in [5.74, 6) is 0.493. The zero-order valence-corrected chi connectivity index (χ0v) is 15.7. The zero-order valence-electron chi connectivity index (χ0n) is 15.0. The van der Waals surface area contributed by atoms with Gasteiger partial charge in [0.05, 0.1) is 17.9 Å². The molecule has 0 aromatic carbocycles. The normalized spacial score (nSPS) is 22.4. The Hall–Kier alpha value is -1.73. The Morgan fingerprint density at radius 1 is 1.36 bits per heavy atom. The molecule has 0 N–H and O–H groups in total. The molecule has 8 heteroatoms. The molecule has 1 aromatic heterocycles. The highest BCUT2D eigenvalue weighted by atomic mass is 35.5. The van der Waals surface area contributed by atoms with Gasteiger partial charge in [-0.3, -0.25) is 0 Å². The van der Waals surface area contributed by atoms with Crippen molar-refractivity contribution in [3.8, 4) is 5.75 Å². The van der Waals surface area contributed by atoms with Crippen LogP contribution >= 0.6 is 11.6 Å². The molecule has 2 aliphatic rings. The highest BCUT2D eigenvalue weighted by Crippen LogP contribution is 2.37. The monoisotopic (exact) mass is 369 g/mol. The molecule has 25 heavy (non-hydrogen) atoms. The zero-order chi connectivity index (χ0) is 18.2. The molecule has 7 nitrogen and oxygen atoms in total. The molecule has 3 rings (SSSR count).